The monoisotopic (exact) mass is 317 g/mol. The van der Waals surface area contributed by atoms with E-state index in [1.54, 1.807) is 11.0 Å². The first kappa shape index (κ1) is 15.4. The van der Waals surface area contributed by atoms with Crippen LogP contribution in [0.3, 0.4) is 0 Å². The number of nitrogens with zero attached hydrogens (tertiary/aromatic N) is 1. The average molecular weight is 318 g/mol. The minimum Gasteiger partial charge on any atom is -0.491 e. The summed E-state index contributed by atoms with van der Waals surface area (Å²) in [7, 11) is 0. The number of aryl methyl sites for hydroxylation is 1. The smallest absolute Gasteiger partial charge is 0.237 e. The molecule has 0 saturated carbocycles. The van der Waals surface area contributed by atoms with Gasteiger partial charge in [-0.3, -0.25) is 4.79 Å². The van der Waals surface area contributed by atoms with Gasteiger partial charge in [-0.05, 0) is 30.7 Å². The van der Waals surface area contributed by atoms with Gasteiger partial charge in [0.05, 0.1) is 13.2 Å². The Balaban J connectivity index is 1.87. The van der Waals surface area contributed by atoms with Gasteiger partial charge in [0.1, 0.15) is 24.3 Å². The quantitative estimate of drug-likeness (QED) is 0.801. The van der Waals surface area contributed by atoms with Crippen LogP contribution in [0.15, 0.2) is 18.2 Å². The molecule has 2 rings (SSSR count). The summed E-state index contributed by atoms with van der Waals surface area (Å²) in [5, 5.41) is 0.713. The molecule has 20 heavy (non-hydrogen) atoms. The van der Waals surface area contributed by atoms with Gasteiger partial charge in [0.25, 0.3) is 0 Å². The predicted octanol–water partition coefficient (Wildman–Crippen LogP) is 2.49. The van der Waals surface area contributed by atoms with E-state index < -0.39 is 0 Å². The fourth-order valence-electron chi connectivity index (χ4n) is 2.03. The van der Waals surface area contributed by atoms with E-state index >= 15 is 0 Å². The van der Waals surface area contributed by atoms with Crippen LogP contribution < -0.4 is 4.74 Å². The van der Waals surface area contributed by atoms with Crippen LogP contribution in [-0.4, -0.2) is 49.1 Å². The van der Waals surface area contributed by atoms with E-state index in [9.17, 15) is 4.79 Å². The number of halogens is 2. The van der Waals surface area contributed by atoms with Crippen molar-refractivity contribution in [3.8, 4) is 5.75 Å². The highest BCUT2D eigenvalue weighted by Gasteiger charge is 2.24. The number of amides is 1. The van der Waals surface area contributed by atoms with Gasteiger partial charge in [-0.15, -0.1) is 11.6 Å². The molecule has 1 aliphatic rings. The van der Waals surface area contributed by atoms with E-state index in [0.717, 1.165) is 11.3 Å². The first-order valence-electron chi connectivity index (χ1n) is 6.44. The van der Waals surface area contributed by atoms with Crippen LogP contribution in [0.4, 0.5) is 0 Å². The van der Waals surface area contributed by atoms with Crippen molar-refractivity contribution in [1.82, 2.24) is 4.90 Å². The summed E-state index contributed by atoms with van der Waals surface area (Å²) in [4.78, 5) is 13.3. The minimum atomic E-state index is -0.132. The molecule has 0 unspecified atom stereocenters. The fourth-order valence-corrected chi connectivity index (χ4v) is 2.31. The molecule has 1 aliphatic heterocycles. The van der Waals surface area contributed by atoms with Crippen LogP contribution in [0.2, 0.25) is 5.02 Å². The summed E-state index contributed by atoms with van der Waals surface area (Å²) in [6.45, 7) is 3.93. The van der Waals surface area contributed by atoms with Gasteiger partial charge in [-0.2, -0.15) is 0 Å². The van der Waals surface area contributed by atoms with Crippen LogP contribution in [0.5, 0.6) is 5.75 Å². The van der Waals surface area contributed by atoms with E-state index in [0.29, 0.717) is 31.3 Å². The van der Waals surface area contributed by atoms with Gasteiger partial charge >= 0.3 is 0 Å². The lowest BCUT2D eigenvalue weighted by molar-refractivity contribution is -0.137. The van der Waals surface area contributed by atoms with Gasteiger partial charge < -0.3 is 14.4 Å². The summed E-state index contributed by atoms with van der Waals surface area (Å²) in [6, 6.07) is 5.50. The van der Waals surface area contributed by atoms with E-state index in [1.807, 2.05) is 19.1 Å². The standard InChI is InChI=1S/C14H17Cl2NO3/c1-10-6-11(2-3-13(10)16)20-9-12-8-17(4-5-19-12)14(18)7-15/h2-3,6,12H,4-5,7-9H2,1H3/t12-/m0/s1. The third-order valence-corrected chi connectivity index (χ3v) is 3.82. The van der Waals surface area contributed by atoms with Crippen LogP contribution in [-0.2, 0) is 9.53 Å². The summed E-state index contributed by atoms with van der Waals surface area (Å²) in [5.41, 5.74) is 0.965. The lowest BCUT2D eigenvalue weighted by Crippen LogP contribution is -2.48. The lowest BCUT2D eigenvalue weighted by atomic mass is 10.2. The normalized spacial score (nSPS) is 18.9. The summed E-state index contributed by atoms with van der Waals surface area (Å²) >= 11 is 11.5. The Bertz CT molecular complexity index is 481. The Labute approximate surface area is 128 Å². The summed E-state index contributed by atoms with van der Waals surface area (Å²) in [5.74, 6) is 0.683. The molecule has 0 spiro atoms. The maximum atomic E-state index is 11.6. The lowest BCUT2D eigenvalue weighted by Gasteiger charge is -2.32. The molecule has 110 valence electrons. The molecule has 0 radical (unpaired) electrons. The zero-order chi connectivity index (χ0) is 14.5. The SMILES string of the molecule is Cc1cc(OC[C@@H]2CN(C(=O)CCl)CCO2)ccc1Cl. The first-order valence-corrected chi connectivity index (χ1v) is 7.35. The molecule has 1 aromatic carbocycles. The van der Waals surface area contributed by atoms with Gasteiger partial charge in [0.2, 0.25) is 5.91 Å². The Hall–Kier alpha value is -0.970. The molecule has 0 N–H and O–H groups in total. The topological polar surface area (TPSA) is 38.8 Å². The third kappa shape index (κ3) is 4.01. The first-order chi connectivity index (χ1) is 9.60. The number of hydrogen-bond donors (Lipinski definition) is 0. The Morgan fingerprint density at radius 1 is 1.55 bits per heavy atom. The number of alkyl halides is 1. The van der Waals surface area contributed by atoms with Crippen molar-refractivity contribution < 1.29 is 14.3 Å². The molecule has 1 saturated heterocycles. The van der Waals surface area contributed by atoms with Gasteiger partial charge in [0, 0.05) is 11.6 Å². The maximum absolute atomic E-state index is 11.6. The Morgan fingerprint density at radius 3 is 3.05 bits per heavy atom. The molecule has 1 heterocycles. The second-order valence-electron chi connectivity index (χ2n) is 4.69. The van der Waals surface area contributed by atoms with Crippen LogP contribution >= 0.6 is 23.2 Å². The number of carbonyl (C=O) groups is 1. The van der Waals surface area contributed by atoms with E-state index in [4.69, 9.17) is 32.7 Å². The minimum absolute atomic E-state index is 0.00392. The van der Waals surface area contributed by atoms with Gasteiger partial charge in [0.15, 0.2) is 0 Å². The molecule has 0 bridgehead atoms. The highest BCUT2D eigenvalue weighted by Crippen LogP contribution is 2.21. The molecule has 1 aromatic rings. The van der Waals surface area contributed by atoms with Crippen molar-refractivity contribution in [1.29, 1.82) is 0 Å². The average Bonchev–Trinajstić information content (AvgIpc) is 2.48. The molecular weight excluding hydrogens is 301 g/mol. The van der Waals surface area contributed by atoms with Crippen molar-refractivity contribution in [3.05, 3.63) is 28.8 Å². The molecule has 1 amide bonds. The molecule has 1 fully saturated rings. The molecule has 0 aliphatic carbocycles. The number of hydrogen-bond acceptors (Lipinski definition) is 3. The van der Waals surface area contributed by atoms with Crippen LogP contribution in [0, 0.1) is 6.92 Å². The van der Waals surface area contributed by atoms with Crippen molar-refractivity contribution in [2.24, 2.45) is 0 Å². The van der Waals surface area contributed by atoms with Crippen molar-refractivity contribution in [2.75, 3.05) is 32.2 Å². The molecular formula is C14H17Cl2NO3. The van der Waals surface area contributed by atoms with Crippen LogP contribution in [0.25, 0.3) is 0 Å². The van der Waals surface area contributed by atoms with Crippen LogP contribution in [0.1, 0.15) is 5.56 Å². The fraction of sp³-hybridized carbons (Fsp3) is 0.500. The van der Waals surface area contributed by atoms with E-state index in [-0.39, 0.29) is 17.9 Å². The number of carbonyl (C=O) groups excluding carboxylic acids is 1. The largest absolute Gasteiger partial charge is 0.491 e. The highest BCUT2D eigenvalue weighted by molar-refractivity contribution is 6.31. The predicted molar refractivity (Wildman–Crippen MR) is 78.7 cm³/mol. The summed E-state index contributed by atoms with van der Waals surface area (Å²) in [6.07, 6.45) is -0.132. The van der Waals surface area contributed by atoms with E-state index in [2.05, 4.69) is 0 Å². The van der Waals surface area contributed by atoms with Gasteiger partial charge in [-0.25, -0.2) is 0 Å². The number of ether oxygens (including phenoxy) is 2. The molecule has 1 atom stereocenters. The highest BCUT2D eigenvalue weighted by atomic mass is 35.5. The summed E-state index contributed by atoms with van der Waals surface area (Å²) < 4.78 is 11.3. The number of benzene rings is 1. The Kier molecular flexibility index (Phi) is 5.52. The zero-order valence-corrected chi connectivity index (χ0v) is 12.8. The molecule has 4 nitrogen and oxygen atoms in total. The second kappa shape index (κ2) is 7.16. The van der Waals surface area contributed by atoms with Crippen molar-refractivity contribution in [3.63, 3.8) is 0 Å². The van der Waals surface area contributed by atoms with Gasteiger partial charge in [-0.1, -0.05) is 11.6 Å². The maximum Gasteiger partial charge on any atom is 0.237 e. The number of rotatable bonds is 4. The molecule has 0 aromatic heterocycles. The van der Waals surface area contributed by atoms with Crippen molar-refractivity contribution in [2.45, 2.75) is 13.0 Å². The van der Waals surface area contributed by atoms with E-state index in [1.165, 1.54) is 0 Å². The van der Waals surface area contributed by atoms with Crippen molar-refractivity contribution >= 4 is 29.1 Å². The number of morpholine rings is 1. The third-order valence-electron chi connectivity index (χ3n) is 3.17. The molecule has 6 heteroatoms. The second-order valence-corrected chi connectivity index (χ2v) is 5.36. The zero-order valence-electron chi connectivity index (χ0n) is 11.3. The Morgan fingerprint density at radius 2 is 2.35 bits per heavy atom.